The van der Waals surface area contributed by atoms with Crippen LogP contribution in [0.4, 0.5) is 5.69 Å². The van der Waals surface area contributed by atoms with Crippen LogP contribution in [-0.4, -0.2) is 24.4 Å². The van der Waals surface area contributed by atoms with Gasteiger partial charge in [0.15, 0.2) is 0 Å². The smallest absolute Gasteiger partial charge is 0.229 e. The van der Waals surface area contributed by atoms with Crippen LogP contribution in [0, 0.1) is 0 Å². The molecule has 1 saturated heterocycles. The molecule has 22 heavy (non-hydrogen) atoms. The van der Waals surface area contributed by atoms with Gasteiger partial charge < -0.3 is 10.2 Å². The summed E-state index contributed by atoms with van der Waals surface area (Å²) < 4.78 is 0. The van der Waals surface area contributed by atoms with Crippen molar-refractivity contribution in [2.75, 3.05) is 11.4 Å². The second-order valence-electron chi connectivity index (χ2n) is 5.88. The Morgan fingerprint density at radius 1 is 1.32 bits per heavy atom. The Bertz CT molecular complexity index is 610. The third-order valence-electron chi connectivity index (χ3n) is 4.15. The zero-order valence-corrected chi connectivity index (χ0v) is 13.1. The van der Waals surface area contributed by atoms with Crippen LogP contribution in [-0.2, 0) is 9.59 Å². The van der Waals surface area contributed by atoms with E-state index >= 15 is 0 Å². The third kappa shape index (κ3) is 3.50. The molecule has 1 atom stereocenters. The lowest BCUT2D eigenvalue weighted by Gasteiger charge is -2.17. The van der Waals surface area contributed by atoms with E-state index in [1.165, 1.54) is 5.57 Å². The highest BCUT2D eigenvalue weighted by Crippen LogP contribution is 2.24. The van der Waals surface area contributed by atoms with Crippen molar-refractivity contribution < 1.29 is 9.59 Å². The lowest BCUT2D eigenvalue weighted by atomic mass is 10.1. The summed E-state index contributed by atoms with van der Waals surface area (Å²) in [5.41, 5.74) is 2.04. The first kappa shape index (κ1) is 15.1. The Hall–Kier alpha value is -1.81. The maximum Gasteiger partial charge on any atom is 0.229 e. The quantitative estimate of drug-likeness (QED) is 0.867. The largest absolute Gasteiger partial charge is 0.351 e. The Kier molecular flexibility index (Phi) is 4.48. The van der Waals surface area contributed by atoms with E-state index in [4.69, 9.17) is 11.6 Å². The number of nitrogens with one attached hydrogen (secondary N) is 1. The van der Waals surface area contributed by atoms with Crippen LogP contribution >= 0.6 is 11.6 Å². The molecule has 1 aliphatic heterocycles. The second kappa shape index (κ2) is 6.53. The Morgan fingerprint density at radius 3 is 2.77 bits per heavy atom. The highest BCUT2D eigenvalue weighted by molar-refractivity contribution is 6.30. The molecule has 3 rings (SSSR count). The van der Waals surface area contributed by atoms with Crippen molar-refractivity contribution in [3.05, 3.63) is 40.9 Å². The molecule has 1 unspecified atom stereocenters. The second-order valence-corrected chi connectivity index (χ2v) is 6.32. The van der Waals surface area contributed by atoms with Crippen LogP contribution in [0.5, 0.6) is 0 Å². The molecule has 116 valence electrons. The lowest BCUT2D eigenvalue weighted by molar-refractivity contribution is -0.121. The molecule has 2 aliphatic rings. The van der Waals surface area contributed by atoms with Gasteiger partial charge in [0.25, 0.3) is 0 Å². The van der Waals surface area contributed by atoms with Gasteiger partial charge in [-0.1, -0.05) is 23.3 Å². The predicted octanol–water partition coefficient (Wildman–Crippen LogP) is 3.06. The first-order valence-corrected chi connectivity index (χ1v) is 8.03. The topological polar surface area (TPSA) is 49.4 Å². The van der Waals surface area contributed by atoms with E-state index in [9.17, 15) is 9.59 Å². The van der Waals surface area contributed by atoms with Crippen molar-refractivity contribution in [2.45, 2.75) is 38.1 Å². The number of halogens is 1. The minimum absolute atomic E-state index is 0.0175. The van der Waals surface area contributed by atoms with Crippen molar-refractivity contribution >= 4 is 29.1 Å². The highest BCUT2D eigenvalue weighted by atomic mass is 35.5. The summed E-state index contributed by atoms with van der Waals surface area (Å²) >= 11 is 5.87. The molecule has 0 aromatic heterocycles. The van der Waals surface area contributed by atoms with Gasteiger partial charge in [0, 0.05) is 30.1 Å². The normalized spacial score (nSPS) is 21.1. The van der Waals surface area contributed by atoms with Crippen LogP contribution in [0.2, 0.25) is 5.02 Å². The monoisotopic (exact) mass is 318 g/mol. The van der Waals surface area contributed by atoms with Gasteiger partial charge in [0.05, 0.1) is 6.04 Å². The summed E-state index contributed by atoms with van der Waals surface area (Å²) in [6.07, 6.45) is 6.22. The number of anilines is 1. The molecular weight excluding hydrogens is 300 g/mol. The molecule has 1 fully saturated rings. The standard InChI is InChI=1S/C17H19ClN2O2/c18-13-5-7-15(8-6-13)20-11-14(10-17(20)22)19-16(21)9-12-3-1-2-4-12/h3,5-8,14H,1-2,4,9-11H2,(H,19,21). The van der Waals surface area contributed by atoms with Gasteiger partial charge in [-0.2, -0.15) is 0 Å². The van der Waals surface area contributed by atoms with E-state index < -0.39 is 0 Å². The number of benzene rings is 1. The average Bonchev–Trinajstić information content (AvgIpc) is 3.10. The van der Waals surface area contributed by atoms with Gasteiger partial charge in [-0.25, -0.2) is 0 Å². The van der Waals surface area contributed by atoms with Gasteiger partial charge in [-0.3, -0.25) is 9.59 Å². The fourth-order valence-corrected chi connectivity index (χ4v) is 3.18. The van der Waals surface area contributed by atoms with E-state index in [1.54, 1.807) is 17.0 Å². The molecule has 0 radical (unpaired) electrons. The van der Waals surface area contributed by atoms with Crippen molar-refractivity contribution in [2.24, 2.45) is 0 Å². The summed E-state index contributed by atoms with van der Waals surface area (Å²) in [6, 6.07) is 7.07. The Labute approximate surface area is 135 Å². The summed E-state index contributed by atoms with van der Waals surface area (Å²) in [6.45, 7) is 0.519. The molecule has 0 saturated carbocycles. The van der Waals surface area contributed by atoms with Crippen LogP contribution in [0.25, 0.3) is 0 Å². The Balaban J connectivity index is 1.57. The summed E-state index contributed by atoms with van der Waals surface area (Å²) in [5, 5.41) is 3.62. The maximum atomic E-state index is 12.1. The predicted molar refractivity (Wildman–Crippen MR) is 86.9 cm³/mol. The van der Waals surface area contributed by atoms with Gasteiger partial charge >= 0.3 is 0 Å². The van der Waals surface area contributed by atoms with Crippen LogP contribution in [0.1, 0.15) is 32.1 Å². The van der Waals surface area contributed by atoms with Crippen molar-refractivity contribution in [3.63, 3.8) is 0 Å². The SMILES string of the molecule is O=C(CC1=CCCC1)NC1CC(=O)N(c2ccc(Cl)cc2)C1. The molecule has 1 aromatic carbocycles. The average molecular weight is 319 g/mol. The van der Waals surface area contributed by atoms with E-state index in [0.717, 1.165) is 24.9 Å². The number of amides is 2. The maximum absolute atomic E-state index is 12.1. The molecule has 1 N–H and O–H groups in total. The van der Waals surface area contributed by atoms with Crippen molar-refractivity contribution in [3.8, 4) is 0 Å². The fraction of sp³-hybridized carbons (Fsp3) is 0.412. The lowest BCUT2D eigenvalue weighted by Crippen LogP contribution is -2.37. The Morgan fingerprint density at radius 2 is 2.09 bits per heavy atom. The summed E-state index contributed by atoms with van der Waals surface area (Å²) in [4.78, 5) is 25.9. The number of carbonyl (C=O) groups is 2. The van der Waals surface area contributed by atoms with Crippen LogP contribution in [0.3, 0.4) is 0 Å². The van der Waals surface area contributed by atoms with Gasteiger partial charge in [0.1, 0.15) is 0 Å². The van der Waals surface area contributed by atoms with Crippen LogP contribution < -0.4 is 10.2 Å². The third-order valence-corrected chi connectivity index (χ3v) is 4.40. The number of hydrogen-bond acceptors (Lipinski definition) is 2. The van der Waals surface area contributed by atoms with Crippen molar-refractivity contribution in [1.82, 2.24) is 5.32 Å². The molecule has 1 aromatic rings. The first-order valence-electron chi connectivity index (χ1n) is 7.65. The first-order chi connectivity index (χ1) is 10.6. The zero-order chi connectivity index (χ0) is 15.5. The van der Waals surface area contributed by atoms with E-state index in [-0.39, 0.29) is 17.9 Å². The van der Waals surface area contributed by atoms with E-state index in [1.807, 2.05) is 12.1 Å². The molecule has 0 bridgehead atoms. The summed E-state index contributed by atoms with van der Waals surface area (Å²) in [5.74, 6) is 0.0524. The molecule has 0 spiro atoms. The molecule has 1 heterocycles. The number of rotatable bonds is 4. The minimum atomic E-state index is -0.113. The molecule has 5 heteroatoms. The highest BCUT2D eigenvalue weighted by Gasteiger charge is 2.31. The molecule has 4 nitrogen and oxygen atoms in total. The number of hydrogen-bond donors (Lipinski definition) is 1. The van der Waals surface area contributed by atoms with Gasteiger partial charge in [-0.15, -0.1) is 0 Å². The fourth-order valence-electron chi connectivity index (χ4n) is 3.06. The van der Waals surface area contributed by atoms with Gasteiger partial charge in [-0.05, 0) is 43.5 Å². The number of carbonyl (C=O) groups excluding carboxylic acids is 2. The number of allylic oxidation sites excluding steroid dienone is 1. The number of nitrogens with zero attached hydrogens (tertiary/aromatic N) is 1. The molecule has 2 amide bonds. The van der Waals surface area contributed by atoms with E-state index in [0.29, 0.717) is 24.4 Å². The van der Waals surface area contributed by atoms with E-state index in [2.05, 4.69) is 11.4 Å². The molecule has 1 aliphatic carbocycles. The minimum Gasteiger partial charge on any atom is -0.351 e. The zero-order valence-electron chi connectivity index (χ0n) is 12.3. The van der Waals surface area contributed by atoms with Crippen molar-refractivity contribution in [1.29, 1.82) is 0 Å². The molecular formula is C17H19ClN2O2. The summed E-state index contributed by atoms with van der Waals surface area (Å²) in [7, 11) is 0. The van der Waals surface area contributed by atoms with Crippen LogP contribution in [0.15, 0.2) is 35.9 Å². The van der Waals surface area contributed by atoms with Gasteiger partial charge in [0.2, 0.25) is 11.8 Å².